The fourth-order valence-electron chi connectivity index (χ4n) is 3.36. The number of benzene rings is 2. The van der Waals surface area contributed by atoms with E-state index in [0.717, 1.165) is 24.6 Å². The third-order valence-electron chi connectivity index (χ3n) is 4.98. The molecule has 2 atom stereocenters. The van der Waals surface area contributed by atoms with Crippen LogP contribution in [0.1, 0.15) is 23.5 Å². The molecule has 0 spiro atoms. The highest BCUT2D eigenvalue weighted by Crippen LogP contribution is 2.40. The molecule has 2 unspecified atom stereocenters. The number of aromatic nitrogens is 2. The SMILES string of the molecule is CN=C(NCCc1ccc(-n2cccn2)cc1)NC1CC1c1ccccc1. The van der Waals surface area contributed by atoms with E-state index in [1.54, 1.807) is 6.20 Å². The molecule has 1 saturated carbocycles. The molecule has 1 aliphatic rings. The third-order valence-corrected chi connectivity index (χ3v) is 4.98. The van der Waals surface area contributed by atoms with Crippen molar-refractivity contribution in [1.29, 1.82) is 0 Å². The summed E-state index contributed by atoms with van der Waals surface area (Å²) in [5.41, 5.74) is 3.78. The molecule has 138 valence electrons. The van der Waals surface area contributed by atoms with E-state index < -0.39 is 0 Å². The molecule has 3 aromatic rings. The van der Waals surface area contributed by atoms with E-state index in [2.05, 4.69) is 75.3 Å². The summed E-state index contributed by atoms with van der Waals surface area (Å²) in [6.07, 6.45) is 5.86. The van der Waals surface area contributed by atoms with Crippen LogP contribution in [-0.4, -0.2) is 35.4 Å². The lowest BCUT2D eigenvalue weighted by Crippen LogP contribution is -2.39. The predicted molar refractivity (Wildman–Crippen MR) is 109 cm³/mol. The minimum Gasteiger partial charge on any atom is -0.356 e. The van der Waals surface area contributed by atoms with Crippen molar-refractivity contribution in [2.24, 2.45) is 4.99 Å². The maximum Gasteiger partial charge on any atom is 0.191 e. The first-order valence-corrected chi connectivity index (χ1v) is 9.44. The molecule has 0 bridgehead atoms. The first-order chi connectivity index (χ1) is 13.3. The molecule has 4 rings (SSSR count). The lowest BCUT2D eigenvalue weighted by molar-refractivity contribution is 0.779. The summed E-state index contributed by atoms with van der Waals surface area (Å²) in [4.78, 5) is 4.36. The molecule has 1 heterocycles. The van der Waals surface area contributed by atoms with E-state index in [1.165, 1.54) is 17.5 Å². The van der Waals surface area contributed by atoms with Crippen LogP contribution in [0.25, 0.3) is 5.69 Å². The zero-order valence-corrected chi connectivity index (χ0v) is 15.5. The largest absolute Gasteiger partial charge is 0.356 e. The van der Waals surface area contributed by atoms with Crippen molar-refractivity contribution < 1.29 is 0 Å². The van der Waals surface area contributed by atoms with Gasteiger partial charge < -0.3 is 10.6 Å². The molecule has 2 aromatic carbocycles. The minimum atomic E-state index is 0.479. The maximum atomic E-state index is 4.36. The molecule has 1 fully saturated rings. The molecule has 0 radical (unpaired) electrons. The van der Waals surface area contributed by atoms with E-state index in [-0.39, 0.29) is 0 Å². The molecule has 0 aliphatic heterocycles. The van der Waals surface area contributed by atoms with Gasteiger partial charge in [-0.15, -0.1) is 0 Å². The highest BCUT2D eigenvalue weighted by molar-refractivity contribution is 5.80. The number of rotatable bonds is 6. The van der Waals surface area contributed by atoms with Crippen LogP contribution in [0.3, 0.4) is 0 Å². The Morgan fingerprint density at radius 3 is 2.63 bits per heavy atom. The van der Waals surface area contributed by atoms with E-state index in [9.17, 15) is 0 Å². The van der Waals surface area contributed by atoms with E-state index in [4.69, 9.17) is 0 Å². The maximum absolute atomic E-state index is 4.36. The zero-order chi connectivity index (χ0) is 18.5. The Morgan fingerprint density at radius 2 is 1.93 bits per heavy atom. The van der Waals surface area contributed by atoms with Gasteiger partial charge >= 0.3 is 0 Å². The molecule has 27 heavy (non-hydrogen) atoms. The van der Waals surface area contributed by atoms with Gasteiger partial charge in [0.05, 0.1) is 5.69 Å². The van der Waals surface area contributed by atoms with Crippen LogP contribution >= 0.6 is 0 Å². The lowest BCUT2D eigenvalue weighted by Gasteiger charge is -2.12. The molecule has 0 saturated heterocycles. The summed E-state index contributed by atoms with van der Waals surface area (Å²) < 4.78 is 1.87. The van der Waals surface area contributed by atoms with E-state index in [0.29, 0.717) is 12.0 Å². The first-order valence-electron chi connectivity index (χ1n) is 9.44. The van der Waals surface area contributed by atoms with Crippen LogP contribution in [0.4, 0.5) is 0 Å². The highest BCUT2D eigenvalue weighted by atomic mass is 15.3. The van der Waals surface area contributed by atoms with Crippen LogP contribution < -0.4 is 10.6 Å². The lowest BCUT2D eigenvalue weighted by atomic mass is 10.1. The van der Waals surface area contributed by atoms with E-state index in [1.807, 2.05) is 24.0 Å². The van der Waals surface area contributed by atoms with Gasteiger partial charge in [0.1, 0.15) is 0 Å². The minimum absolute atomic E-state index is 0.479. The second kappa shape index (κ2) is 8.08. The van der Waals surface area contributed by atoms with Gasteiger partial charge in [0, 0.05) is 37.9 Å². The van der Waals surface area contributed by atoms with Crippen LogP contribution in [0.5, 0.6) is 0 Å². The van der Waals surface area contributed by atoms with Crippen LogP contribution in [0.15, 0.2) is 78.0 Å². The molecular formula is C22H25N5. The Hall–Kier alpha value is -3.08. The van der Waals surface area contributed by atoms with Gasteiger partial charge in [0.2, 0.25) is 0 Å². The van der Waals surface area contributed by atoms with Gasteiger partial charge in [-0.25, -0.2) is 4.68 Å². The number of guanidine groups is 1. The Morgan fingerprint density at radius 1 is 1.11 bits per heavy atom. The summed E-state index contributed by atoms with van der Waals surface area (Å²) >= 11 is 0. The zero-order valence-electron chi connectivity index (χ0n) is 15.5. The molecule has 5 nitrogen and oxygen atoms in total. The molecule has 5 heteroatoms. The van der Waals surface area contributed by atoms with Crippen LogP contribution in [-0.2, 0) is 6.42 Å². The normalized spacial score (nSPS) is 18.9. The van der Waals surface area contributed by atoms with Gasteiger partial charge in [0.15, 0.2) is 5.96 Å². The fourth-order valence-corrected chi connectivity index (χ4v) is 3.36. The molecule has 1 aromatic heterocycles. The Bertz CT molecular complexity index is 869. The van der Waals surface area contributed by atoms with Crippen molar-refractivity contribution in [3.05, 3.63) is 84.2 Å². The van der Waals surface area contributed by atoms with Crippen molar-refractivity contribution in [2.45, 2.75) is 24.8 Å². The number of aliphatic imine (C=N–C) groups is 1. The van der Waals surface area contributed by atoms with Gasteiger partial charge in [-0.1, -0.05) is 42.5 Å². The quantitative estimate of drug-likeness (QED) is 0.525. The summed E-state index contributed by atoms with van der Waals surface area (Å²) in [6, 6.07) is 21.6. The number of nitrogens with zero attached hydrogens (tertiary/aromatic N) is 3. The first kappa shape index (κ1) is 17.3. The third kappa shape index (κ3) is 4.37. The number of hydrogen-bond acceptors (Lipinski definition) is 2. The van der Waals surface area contributed by atoms with Gasteiger partial charge in [0.25, 0.3) is 0 Å². The number of hydrogen-bond donors (Lipinski definition) is 2. The topological polar surface area (TPSA) is 54.2 Å². The predicted octanol–water partition coefficient (Wildman–Crippen LogP) is 3.14. The molecule has 2 N–H and O–H groups in total. The highest BCUT2D eigenvalue weighted by Gasteiger charge is 2.38. The van der Waals surface area contributed by atoms with Crippen LogP contribution in [0.2, 0.25) is 0 Å². The summed E-state index contributed by atoms with van der Waals surface area (Å²) in [7, 11) is 1.83. The van der Waals surface area contributed by atoms with Gasteiger partial charge in [-0.05, 0) is 42.2 Å². The smallest absolute Gasteiger partial charge is 0.191 e. The van der Waals surface area contributed by atoms with Crippen LogP contribution in [0, 0.1) is 0 Å². The summed E-state index contributed by atoms with van der Waals surface area (Å²) in [6.45, 7) is 0.851. The summed E-state index contributed by atoms with van der Waals surface area (Å²) in [5, 5.41) is 11.2. The molecular weight excluding hydrogens is 334 g/mol. The second-order valence-corrected chi connectivity index (χ2v) is 6.87. The monoisotopic (exact) mass is 359 g/mol. The molecule has 0 amide bonds. The summed E-state index contributed by atoms with van der Waals surface area (Å²) in [5.74, 6) is 1.48. The Labute approximate surface area is 160 Å². The Kier molecular flexibility index (Phi) is 5.19. The number of nitrogens with one attached hydrogen (secondary N) is 2. The fraction of sp³-hybridized carbons (Fsp3) is 0.273. The average molecular weight is 359 g/mol. The van der Waals surface area contributed by atoms with Gasteiger partial charge in [-0.2, -0.15) is 5.10 Å². The standard InChI is InChI=1S/C22H25N5/c1-23-22(26-21-16-20(21)18-6-3-2-4-7-18)24-14-12-17-8-10-19(11-9-17)27-15-5-13-25-27/h2-11,13,15,20-21H,12,14,16H2,1H3,(H2,23,24,26). The van der Waals surface area contributed by atoms with Crippen molar-refractivity contribution in [2.75, 3.05) is 13.6 Å². The average Bonchev–Trinajstić information content (AvgIpc) is 3.27. The van der Waals surface area contributed by atoms with E-state index >= 15 is 0 Å². The Balaban J connectivity index is 1.23. The van der Waals surface area contributed by atoms with Crippen molar-refractivity contribution in [3.8, 4) is 5.69 Å². The van der Waals surface area contributed by atoms with Crippen molar-refractivity contribution in [1.82, 2.24) is 20.4 Å². The van der Waals surface area contributed by atoms with Crippen molar-refractivity contribution in [3.63, 3.8) is 0 Å². The molecule has 1 aliphatic carbocycles. The van der Waals surface area contributed by atoms with Crippen molar-refractivity contribution >= 4 is 5.96 Å². The second-order valence-electron chi connectivity index (χ2n) is 6.87. The van der Waals surface area contributed by atoms with Gasteiger partial charge in [-0.3, -0.25) is 4.99 Å².